The van der Waals surface area contributed by atoms with Crippen LogP contribution >= 0.6 is 0 Å². The topological polar surface area (TPSA) is 59.1 Å². The molecular weight excluding hydrogens is 326 g/mol. The summed E-state index contributed by atoms with van der Waals surface area (Å²) in [5, 5.41) is 9.25. The molecule has 0 amide bonds. The third kappa shape index (κ3) is 5.85. The second-order valence-corrected chi connectivity index (χ2v) is 6.47. The van der Waals surface area contributed by atoms with Crippen LogP contribution in [-0.2, 0) is 0 Å². The molecule has 0 aliphatic carbocycles. The molecule has 0 unspecified atom stereocenters. The molecule has 0 aromatic heterocycles. The zero-order valence-corrected chi connectivity index (χ0v) is 15.4. The van der Waals surface area contributed by atoms with Crippen LogP contribution in [0.3, 0.4) is 0 Å². The van der Waals surface area contributed by atoms with Crippen LogP contribution in [0.15, 0.2) is 48.5 Å². The van der Waals surface area contributed by atoms with Gasteiger partial charge in [0.05, 0.1) is 11.4 Å². The van der Waals surface area contributed by atoms with Gasteiger partial charge in [-0.05, 0) is 43.5 Å². The lowest BCUT2D eigenvalue weighted by atomic mass is 10.2. The van der Waals surface area contributed by atoms with E-state index in [1.54, 1.807) is 0 Å². The SMILES string of the molecule is c1ccc2c(c1)NCCCCCNc1ccccc1OCC[NH2+]CCO2. The summed E-state index contributed by atoms with van der Waals surface area (Å²) in [5.74, 6) is 1.88. The van der Waals surface area contributed by atoms with E-state index in [0.717, 1.165) is 61.9 Å². The predicted molar refractivity (Wildman–Crippen MR) is 106 cm³/mol. The molecule has 1 aliphatic heterocycles. The molecule has 4 N–H and O–H groups in total. The van der Waals surface area contributed by atoms with E-state index >= 15 is 0 Å². The number of benzene rings is 2. The second-order valence-electron chi connectivity index (χ2n) is 6.47. The Hall–Kier alpha value is -2.40. The van der Waals surface area contributed by atoms with E-state index in [1.165, 1.54) is 6.42 Å². The van der Waals surface area contributed by atoms with E-state index in [-0.39, 0.29) is 0 Å². The molecule has 2 aromatic carbocycles. The largest absolute Gasteiger partial charge is 0.486 e. The lowest BCUT2D eigenvalue weighted by Crippen LogP contribution is -2.86. The summed E-state index contributed by atoms with van der Waals surface area (Å²) < 4.78 is 11.9. The van der Waals surface area contributed by atoms with Crippen molar-refractivity contribution in [3.63, 3.8) is 0 Å². The fourth-order valence-electron chi connectivity index (χ4n) is 3.00. The van der Waals surface area contributed by atoms with E-state index in [2.05, 4.69) is 28.1 Å². The first-order chi connectivity index (χ1) is 12.9. The highest BCUT2D eigenvalue weighted by molar-refractivity contribution is 5.56. The standard InChI is InChI=1S/C21H29N3O2/c1-6-12-23-18-8-2-4-10-20(18)25-16-14-22-15-17-26-21-11-5-3-9-19(21)24-13-7-1/h2-5,8-11,22-24H,1,6-7,12-17H2/p+1. The van der Waals surface area contributed by atoms with Gasteiger partial charge in [-0.25, -0.2) is 0 Å². The van der Waals surface area contributed by atoms with Crippen molar-refractivity contribution < 1.29 is 14.8 Å². The summed E-state index contributed by atoms with van der Waals surface area (Å²) in [6.07, 6.45) is 3.46. The van der Waals surface area contributed by atoms with Crippen LogP contribution in [-0.4, -0.2) is 39.4 Å². The maximum Gasteiger partial charge on any atom is 0.142 e. The van der Waals surface area contributed by atoms with Crippen LogP contribution in [0.2, 0.25) is 0 Å². The normalized spacial score (nSPS) is 16.9. The molecule has 1 aliphatic rings. The number of fused-ring (bicyclic) bond motifs is 2. The van der Waals surface area contributed by atoms with Crippen molar-refractivity contribution in [1.29, 1.82) is 0 Å². The number of hydrogen-bond donors (Lipinski definition) is 3. The summed E-state index contributed by atoms with van der Waals surface area (Å²) >= 11 is 0. The van der Waals surface area contributed by atoms with Gasteiger partial charge < -0.3 is 25.4 Å². The third-order valence-electron chi connectivity index (χ3n) is 4.42. The average Bonchev–Trinajstić information content (AvgIpc) is 2.68. The van der Waals surface area contributed by atoms with Crippen molar-refractivity contribution in [2.24, 2.45) is 0 Å². The predicted octanol–water partition coefficient (Wildman–Crippen LogP) is 2.72. The maximum atomic E-state index is 5.94. The quantitative estimate of drug-likeness (QED) is 0.679. The van der Waals surface area contributed by atoms with Crippen molar-refractivity contribution in [3.8, 4) is 11.5 Å². The molecule has 0 spiro atoms. The average molecular weight is 356 g/mol. The number of nitrogens with two attached hydrogens (primary N) is 1. The van der Waals surface area contributed by atoms with Crippen molar-refractivity contribution in [2.45, 2.75) is 19.3 Å². The summed E-state index contributed by atoms with van der Waals surface area (Å²) in [4.78, 5) is 0. The van der Waals surface area contributed by atoms with E-state index in [9.17, 15) is 0 Å². The highest BCUT2D eigenvalue weighted by Crippen LogP contribution is 2.24. The molecule has 0 saturated heterocycles. The molecule has 0 atom stereocenters. The first-order valence-electron chi connectivity index (χ1n) is 9.66. The van der Waals surface area contributed by atoms with Crippen LogP contribution in [0.5, 0.6) is 11.5 Å². The summed E-state index contributed by atoms with van der Waals surface area (Å²) in [6, 6.07) is 16.4. The third-order valence-corrected chi connectivity index (χ3v) is 4.42. The molecule has 0 radical (unpaired) electrons. The monoisotopic (exact) mass is 356 g/mol. The molecule has 5 heteroatoms. The van der Waals surface area contributed by atoms with Gasteiger partial charge in [0.15, 0.2) is 0 Å². The highest BCUT2D eigenvalue weighted by Gasteiger charge is 2.05. The first kappa shape index (κ1) is 18.4. The number of hydrogen-bond acceptors (Lipinski definition) is 4. The summed E-state index contributed by atoms with van der Waals surface area (Å²) in [7, 11) is 0. The van der Waals surface area contributed by atoms with Crippen molar-refractivity contribution in [2.75, 3.05) is 50.0 Å². The number of anilines is 2. The van der Waals surface area contributed by atoms with Gasteiger partial charge in [-0.3, -0.25) is 0 Å². The van der Waals surface area contributed by atoms with E-state index in [4.69, 9.17) is 9.47 Å². The van der Waals surface area contributed by atoms with Gasteiger partial charge >= 0.3 is 0 Å². The van der Waals surface area contributed by atoms with Gasteiger partial charge in [0, 0.05) is 13.1 Å². The van der Waals surface area contributed by atoms with Crippen molar-refractivity contribution >= 4 is 11.4 Å². The minimum atomic E-state index is 0.691. The second kappa shape index (κ2) is 10.6. The molecule has 140 valence electrons. The number of quaternary nitrogens is 1. The molecule has 0 bridgehead atoms. The molecular formula is C21H30N3O2+. The zero-order chi connectivity index (χ0) is 17.9. The van der Waals surface area contributed by atoms with Gasteiger partial charge in [0.2, 0.25) is 0 Å². The molecule has 5 nitrogen and oxygen atoms in total. The Labute approximate surface area is 156 Å². The molecule has 2 aromatic rings. The fourth-order valence-corrected chi connectivity index (χ4v) is 3.00. The lowest BCUT2D eigenvalue weighted by Gasteiger charge is -2.15. The van der Waals surface area contributed by atoms with E-state index in [1.807, 2.05) is 36.4 Å². The van der Waals surface area contributed by atoms with Crippen molar-refractivity contribution in [3.05, 3.63) is 48.5 Å². The zero-order valence-electron chi connectivity index (χ0n) is 15.4. The Morgan fingerprint density at radius 1 is 0.654 bits per heavy atom. The highest BCUT2D eigenvalue weighted by atomic mass is 16.5. The lowest BCUT2D eigenvalue weighted by molar-refractivity contribution is -0.655. The maximum absolute atomic E-state index is 5.94. The smallest absolute Gasteiger partial charge is 0.142 e. The molecule has 3 rings (SSSR count). The summed E-state index contributed by atoms with van der Waals surface area (Å²) in [6.45, 7) is 5.14. The van der Waals surface area contributed by atoms with Crippen LogP contribution < -0.4 is 25.4 Å². The first-order valence-corrected chi connectivity index (χ1v) is 9.66. The fraction of sp³-hybridized carbons (Fsp3) is 0.429. The number of rotatable bonds is 0. The van der Waals surface area contributed by atoms with Crippen LogP contribution in [0, 0.1) is 0 Å². The Balaban J connectivity index is 1.56. The van der Waals surface area contributed by atoms with Crippen LogP contribution in [0.1, 0.15) is 19.3 Å². The van der Waals surface area contributed by atoms with E-state index in [0.29, 0.717) is 13.2 Å². The number of para-hydroxylation sites is 4. The van der Waals surface area contributed by atoms with Crippen LogP contribution in [0.4, 0.5) is 11.4 Å². The Morgan fingerprint density at radius 3 is 1.69 bits per heavy atom. The van der Waals surface area contributed by atoms with Crippen LogP contribution in [0.25, 0.3) is 0 Å². The van der Waals surface area contributed by atoms with E-state index < -0.39 is 0 Å². The van der Waals surface area contributed by atoms with Gasteiger partial charge in [-0.2, -0.15) is 0 Å². The van der Waals surface area contributed by atoms with Gasteiger partial charge in [-0.1, -0.05) is 24.3 Å². The summed E-state index contributed by atoms with van der Waals surface area (Å²) in [5.41, 5.74) is 2.17. The number of nitrogens with one attached hydrogen (secondary N) is 2. The molecule has 26 heavy (non-hydrogen) atoms. The van der Waals surface area contributed by atoms with Gasteiger partial charge in [0.1, 0.15) is 37.8 Å². The minimum Gasteiger partial charge on any atom is -0.486 e. The Morgan fingerprint density at radius 2 is 1.15 bits per heavy atom. The molecule has 1 heterocycles. The Kier molecular flexibility index (Phi) is 7.47. The minimum absolute atomic E-state index is 0.691. The molecule has 0 fully saturated rings. The van der Waals surface area contributed by atoms with Crippen molar-refractivity contribution in [1.82, 2.24) is 0 Å². The van der Waals surface area contributed by atoms with Gasteiger partial charge in [-0.15, -0.1) is 0 Å². The van der Waals surface area contributed by atoms with Gasteiger partial charge in [0.25, 0.3) is 0 Å². The molecule has 0 saturated carbocycles. The number of ether oxygens (including phenoxy) is 2. The Bertz CT molecular complexity index is 552.